The molecule has 0 aromatic carbocycles. The maximum Gasteiger partial charge on any atom is 0.326 e. The fourth-order valence-electron chi connectivity index (χ4n) is 2.76. The van der Waals surface area contributed by atoms with Crippen molar-refractivity contribution >= 4 is 5.97 Å². The number of aliphatic hydroxyl groups is 1. The molecule has 4 N–H and O–H groups in total. The van der Waals surface area contributed by atoms with Gasteiger partial charge >= 0.3 is 5.97 Å². The lowest BCUT2D eigenvalue weighted by atomic mass is 9.79. The van der Waals surface area contributed by atoms with Gasteiger partial charge in [-0.25, -0.2) is 0 Å². The van der Waals surface area contributed by atoms with Crippen LogP contribution in [0.5, 0.6) is 0 Å². The van der Waals surface area contributed by atoms with Crippen molar-refractivity contribution in [3.05, 3.63) is 12.2 Å². The molecule has 15 heavy (non-hydrogen) atoms. The Hall–Kier alpha value is -0.870. The summed E-state index contributed by atoms with van der Waals surface area (Å²) < 4.78 is 0. The molecule has 0 aromatic heterocycles. The zero-order valence-corrected chi connectivity index (χ0v) is 8.76. The summed E-state index contributed by atoms with van der Waals surface area (Å²) in [5.74, 6) is -0.306. The van der Waals surface area contributed by atoms with Crippen LogP contribution in [-0.4, -0.2) is 27.8 Å². The number of carboxylic acids is 1. The highest BCUT2D eigenvalue weighted by Crippen LogP contribution is 2.46. The summed E-state index contributed by atoms with van der Waals surface area (Å²) in [5.41, 5.74) is 4.10. The van der Waals surface area contributed by atoms with Crippen LogP contribution >= 0.6 is 0 Å². The molecular weight excluding hydrogens is 194 g/mol. The van der Waals surface area contributed by atoms with Crippen LogP contribution in [0.1, 0.15) is 19.8 Å². The van der Waals surface area contributed by atoms with Gasteiger partial charge in [-0.3, -0.25) is 4.79 Å². The van der Waals surface area contributed by atoms with Gasteiger partial charge in [-0.15, -0.1) is 0 Å². The molecule has 4 nitrogen and oxygen atoms in total. The Morgan fingerprint density at radius 3 is 2.60 bits per heavy atom. The predicted molar refractivity (Wildman–Crippen MR) is 55.1 cm³/mol. The molecular formula is C11H17NO3. The van der Waals surface area contributed by atoms with Crippen LogP contribution in [0.2, 0.25) is 0 Å². The van der Waals surface area contributed by atoms with Crippen LogP contribution in [0.25, 0.3) is 0 Å². The van der Waals surface area contributed by atoms with Crippen molar-refractivity contribution in [3.8, 4) is 0 Å². The molecule has 0 spiro atoms. The maximum atomic E-state index is 10.9. The number of hydrogen-bond acceptors (Lipinski definition) is 3. The molecule has 2 aliphatic rings. The molecule has 1 fully saturated rings. The van der Waals surface area contributed by atoms with Gasteiger partial charge in [-0.2, -0.15) is 0 Å². The number of aliphatic hydroxyl groups excluding tert-OH is 1. The molecule has 0 radical (unpaired) electrons. The molecule has 0 aliphatic heterocycles. The van der Waals surface area contributed by atoms with Gasteiger partial charge in [-0.1, -0.05) is 12.2 Å². The van der Waals surface area contributed by atoms with Gasteiger partial charge in [0.15, 0.2) is 0 Å². The van der Waals surface area contributed by atoms with E-state index in [1.54, 1.807) is 0 Å². The molecule has 0 heterocycles. The third-order valence-electron chi connectivity index (χ3n) is 3.81. The molecule has 0 aromatic rings. The summed E-state index contributed by atoms with van der Waals surface area (Å²) in [7, 11) is 0. The van der Waals surface area contributed by atoms with Crippen LogP contribution in [-0.2, 0) is 4.79 Å². The van der Waals surface area contributed by atoms with E-state index in [0.717, 1.165) is 12.8 Å². The minimum atomic E-state index is -1.54. The lowest BCUT2D eigenvalue weighted by molar-refractivity contribution is -0.149. The van der Waals surface area contributed by atoms with E-state index in [2.05, 4.69) is 12.2 Å². The van der Waals surface area contributed by atoms with Crippen LogP contribution in [0.4, 0.5) is 0 Å². The highest BCUT2D eigenvalue weighted by atomic mass is 16.4. The van der Waals surface area contributed by atoms with Crippen molar-refractivity contribution in [1.82, 2.24) is 0 Å². The first-order valence-corrected chi connectivity index (χ1v) is 5.31. The third-order valence-corrected chi connectivity index (χ3v) is 3.81. The average molecular weight is 211 g/mol. The Bertz CT molecular complexity index is 311. The van der Waals surface area contributed by atoms with Gasteiger partial charge in [0, 0.05) is 0 Å². The number of allylic oxidation sites excluding steroid dienone is 2. The molecule has 0 amide bonds. The van der Waals surface area contributed by atoms with Crippen LogP contribution in [0, 0.1) is 17.8 Å². The Morgan fingerprint density at radius 1 is 1.53 bits per heavy atom. The second-order valence-electron chi connectivity index (χ2n) is 4.98. The first-order valence-electron chi connectivity index (χ1n) is 5.31. The van der Waals surface area contributed by atoms with E-state index in [0.29, 0.717) is 11.8 Å². The number of fused-ring (bicyclic) bond motifs is 2. The van der Waals surface area contributed by atoms with Crippen molar-refractivity contribution < 1.29 is 15.0 Å². The maximum absolute atomic E-state index is 10.9. The summed E-state index contributed by atoms with van der Waals surface area (Å²) in [6, 6.07) is 0. The van der Waals surface area contributed by atoms with Gasteiger partial charge in [0.25, 0.3) is 0 Å². The van der Waals surface area contributed by atoms with Crippen molar-refractivity contribution in [2.45, 2.75) is 31.4 Å². The van der Waals surface area contributed by atoms with E-state index in [-0.39, 0.29) is 5.92 Å². The molecule has 2 rings (SSSR count). The lowest BCUT2D eigenvalue weighted by Gasteiger charge is -2.33. The van der Waals surface area contributed by atoms with E-state index in [4.69, 9.17) is 10.8 Å². The van der Waals surface area contributed by atoms with Gasteiger partial charge in [-0.05, 0) is 37.5 Å². The SMILES string of the molecule is C[C@@](N)(C(=O)O)C(O)C1CC2C=CC1C2. The predicted octanol–water partition coefficient (Wildman–Crippen LogP) is 0.362. The smallest absolute Gasteiger partial charge is 0.326 e. The number of hydrogen-bond donors (Lipinski definition) is 3. The van der Waals surface area contributed by atoms with Crippen molar-refractivity contribution in [1.29, 1.82) is 0 Å². The highest BCUT2D eigenvalue weighted by molar-refractivity contribution is 5.78. The van der Waals surface area contributed by atoms with Gasteiger partial charge in [0.2, 0.25) is 0 Å². The van der Waals surface area contributed by atoms with Crippen LogP contribution in [0.3, 0.4) is 0 Å². The second-order valence-corrected chi connectivity index (χ2v) is 4.98. The molecule has 4 heteroatoms. The van der Waals surface area contributed by atoms with E-state index >= 15 is 0 Å². The van der Waals surface area contributed by atoms with Crippen LogP contribution < -0.4 is 5.73 Å². The molecule has 84 valence electrons. The molecule has 2 aliphatic carbocycles. The summed E-state index contributed by atoms with van der Waals surface area (Å²) in [6.45, 7) is 1.38. The lowest BCUT2D eigenvalue weighted by Crippen LogP contribution is -2.58. The van der Waals surface area contributed by atoms with E-state index < -0.39 is 17.6 Å². The number of aliphatic carboxylic acids is 1. The summed E-state index contributed by atoms with van der Waals surface area (Å²) >= 11 is 0. The zero-order valence-electron chi connectivity index (χ0n) is 8.76. The average Bonchev–Trinajstić information content (AvgIpc) is 2.76. The fourth-order valence-corrected chi connectivity index (χ4v) is 2.76. The number of carboxylic acid groups (broad SMARTS) is 1. The quantitative estimate of drug-likeness (QED) is 0.589. The Morgan fingerprint density at radius 2 is 2.20 bits per heavy atom. The van der Waals surface area contributed by atoms with Gasteiger partial charge in [0.05, 0.1) is 6.10 Å². The standard InChI is InChI=1S/C11H17NO3/c1-11(12,10(14)15)9(13)8-5-6-2-3-7(8)4-6/h2-3,6-9,13H,4-5,12H2,1H3,(H,14,15)/t6?,7?,8?,9?,11-/m0/s1. The number of carbonyl (C=O) groups is 1. The minimum absolute atomic E-state index is 0.00565. The van der Waals surface area contributed by atoms with Gasteiger partial charge < -0.3 is 15.9 Å². The molecule has 4 unspecified atom stereocenters. The van der Waals surface area contributed by atoms with Gasteiger partial charge in [0.1, 0.15) is 5.54 Å². The van der Waals surface area contributed by atoms with Crippen LogP contribution in [0.15, 0.2) is 12.2 Å². The van der Waals surface area contributed by atoms with Crippen molar-refractivity contribution in [3.63, 3.8) is 0 Å². The first kappa shape index (κ1) is 10.6. The Balaban J connectivity index is 2.12. The van der Waals surface area contributed by atoms with E-state index in [1.807, 2.05) is 0 Å². The first-order chi connectivity index (χ1) is 6.93. The summed E-state index contributed by atoms with van der Waals surface area (Å²) in [5, 5.41) is 19.0. The summed E-state index contributed by atoms with van der Waals surface area (Å²) in [4.78, 5) is 10.9. The fraction of sp³-hybridized carbons (Fsp3) is 0.727. The second kappa shape index (κ2) is 3.32. The van der Waals surface area contributed by atoms with E-state index in [1.165, 1.54) is 6.92 Å². The summed E-state index contributed by atoms with van der Waals surface area (Å²) in [6.07, 6.45) is 5.18. The third kappa shape index (κ3) is 1.58. The highest BCUT2D eigenvalue weighted by Gasteiger charge is 2.48. The molecule has 2 bridgehead atoms. The van der Waals surface area contributed by atoms with Crippen molar-refractivity contribution in [2.24, 2.45) is 23.5 Å². The Kier molecular flexibility index (Phi) is 2.35. The molecule has 5 atom stereocenters. The molecule has 0 saturated heterocycles. The van der Waals surface area contributed by atoms with E-state index in [9.17, 15) is 9.90 Å². The number of rotatable bonds is 3. The Labute approximate surface area is 88.8 Å². The topological polar surface area (TPSA) is 83.6 Å². The largest absolute Gasteiger partial charge is 0.480 e. The molecule has 1 saturated carbocycles. The normalized spacial score (nSPS) is 39.0. The van der Waals surface area contributed by atoms with Crippen molar-refractivity contribution in [2.75, 3.05) is 0 Å². The zero-order chi connectivity index (χ0) is 11.2. The minimum Gasteiger partial charge on any atom is -0.480 e. The monoisotopic (exact) mass is 211 g/mol. The number of nitrogens with two attached hydrogens (primary N) is 1.